The number of likely N-dealkylation sites (tertiary alicyclic amines) is 2. The van der Waals surface area contributed by atoms with Crippen LogP contribution in [0.5, 0.6) is 0 Å². The lowest BCUT2D eigenvalue weighted by molar-refractivity contribution is -0.144. The topological polar surface area (TPSA) is 228 Å². The fourth-order valence-corrected chi connectivity index (χ4v) is 10.9. The van der Waals surface area contributed by atoms with Crippen LogP contribution >= 0.6 is 22.9 Å². The molecule has 380 valence electrons. The van der Waals surface area contributed by atoms with Gasteiger partial charge in [-0.1, -0.05) is 81.6 Å². The molecule has 0 spiro atoms. The minimum atomic E-state index is -3.57. The number of carbonyl (C=O) groups excluding carboxylic acids is 4. The van der Waals surface area contributed by atoms with E-state index >= 15 is 0 Å². The molecule has 4 heterocycles. The third-order valence-electron chi connectivity index (χ3n) is 12.7. The van der Waals surface area contributed by atoms with E-state index in [0.717, 1.165) is 60.3 Å². The Labute approximate surface area is 421 Å². The van der Waals surface area contributed by atoms with Crippen molar-refractivity contribution >= 4 is 73.9 Å². The van der Waals surface area contributed by atoms with Gasteiger partial charge in [0.2, 0.25) is 29.6 Å². The van der Waals surface area contributed by atoms with Crippen molar-refractivity contribution in [2.45, 2.75) is 140 Å². The van der Waals surface area contributed by atoms with Gasteiger partial charge in [-0.3, -0.25) is 24.1 Å². The second-order valence-electron chi connectivity index (χ2n) is 19.7. The lowest BCUT2D eigenvalue weighted by atomic mass is 9.85. The van der Waals surface area contributed by atoms with Crippen LogP contribution in [0.3, 0.4) is 0 Å². The number of unbranched alkanes of at least 4 members (excludes halogenated alkanes) is 3. The van der Waals surface area contributed by atoms with Gasteiger partial charge in [0.1, 0.15) is 17.1 Å². The van der Waals surface area contributed by atoms with Gasteiger partial charge in [0.15, 0.2) is 15.7 Å². The van der Waals surface area contributed by atoms with Crippen LogP contribution in [0.1, 0.15) is 110 Å². The Morgan fingerprint density at radius 2 is 1.67 bits per heavy atom. The number of aliphatic hydroxyl groups excluding tert-OH is 1. The van der Waals surface area contributed by atoms with Gasteiger partial charge in [0.05, 0.1) is 56.8 Å². The van der Waals surface area contributed by atoms with E-state index in [1.807, 2.05) is 64.4 Å². The summed E-state index contributed by atoms with van der Waals surface area (Å²) in [5.74, 6) is -0.497. The quantitative estimate of drug-likeness (QED) is 0.0473. The highest BCUT2D eigenvalue weighted by molar-refractivity contribution is 7.92. The molecular weight excluding hydrogens is 952 g/mol. The number of halogens is 1. The largest absolute Gasteiger partial charge is 0.391 e. The van der Waals surface area contributed by atoms with Crippen molar-refractivity contribution in [3.05, 3.63) is 76.5 Å². The Balaban J connectivity index is 0.894. The number of aliphatic hydroxyl groups is 1. The second-order valence-corrected chi connectivity index (χ2v) is 23.5. The summed E-state index contributed by atoms with van der Waals surface area (Å²) in [7, 11) is -3.57. The van der Waals surface area contributed by atoms with Crippen LogP contribution in [0.2, 0.25) is 5.02 Å². The SMILES string of the molecule is Cc1ncsc1-c1ccc(C(C)NC(=O)C2CC(O)CN2C(=O)C(NC(=O)CCCCCCNC(=O)CN2CCCC(Nc3ncc(Cl)c(Nc4ccccc4S(=O)(=O)C(C)C)n3)C2)C(C)(C)C)cc1. The van der Waals surface area contributed by atoms with Crippen LogP contribution in [-0.4, -0.2) is 124 Å². The van der Waals surface area contributed by atoms with E-state index in [9.17, 15) is 32.7 Å². The predicted octanol–water partition coefficient (Wildman–Crippen LogP) is 6.80. The first-order chi connectivity index (χ1) is 33.2. The number of nitrogens with zero attached hydrogens (tertiary/aromatic N) is 5. The molecule has 0 radical (unpaired) electrons. The number of rotatable bonds is 21. The fourth-order valence-electron chi connectivity index (χ4n) is 8.72. The number of nitrogens with one attached hydrogen (secondary N) is 5. The first-order valence-electron chi connectivity index (χ1n) is 24.2. The first kappa shape index (κ1) is 54.1. The maximum atomic E-state index is 14.1. The van der Waals surface area contributed by atoms with Crippen molar-refractivity contribution in [2.24, 2.45) is 5.41 Å². The molecule has 4 amide bonds. The van der Waals surface area contributed by atoms with Gasteiger partial charge in [-0.2, -0.15) is 4.98 Å². The number of aryl methyl sites for hydroxylation is 1. The van der Waals surface area contributed by atoms with Crippen LogP contribution < -0.4 is 26.6 Å². The molecule has 6 N–H and O–H groups in total. The number of para-hydroxylation sites is 1. The van der Waals surface area contributed by atoms with Crippen molar-refractivity contribution in [2.75, 3.05) is 43.4 Å². The van der Waals surface area contributed by atoms with Crippen LogP contribution in [0.4, 0.5) is 17.5 Å². The van der Waals surface area contributed by atoms with E-state index in [0.29, 0.717) is 31.1 Å². The molecule has 0 bridgehead atoms. The van der Waals surface area contributed by atoms with Gasteiger partial charge in [-0.25, -0.2) is 18.4 Å². The Hall–Kier alpha value is -5.21. The molecule has 0 aliphatic carbocycles. The number of carbonyl (C=O) groups is 4. The summed E-state index contributed by atoms with van der Waals surface area (Å²) in [6.07, 6.45) is 5.54. The second kappa shape index (κ2) is 24.3. The molecule has 70 heavy (non-hydrogen) atoms. The highest BCUT2D eigenvalue weighted by Gasteiger charge is 2.44. The molecule has 6 rings (SSSR count). The summed E-state index contributed by atoms with van der Waals surface area (Å²) in [5, 5.41) is 25.7. The average Bonchev–Trinajstić information content (AvgIpc) is 3.93. The van der Waals surface area contributed by atoms with Crippen LogP contribution in [0, 0.1) is 12.3 Å². The van der Waals surface area contributed by atoms with Gasteiger partial charge in [-0.05, 0) is 88.6 Å². The predicted molar refractivity (Wildman–Crippen MR) is 275 cm³/mol. The number of hydrogen-bond acceptors (Lipinski definition) is 14. The number of hydrogen-bond donors (Lipinski definition) is 6. The lowest BCUT2D eigenvalue weighted by Crippen LogP contribution is -2.57. The molecule has 2 aliphatic rings. The Bertz CT molecular complexity index is 2550. The van der Waals surface area contributed by atoms with E-state index in [4.69, 9.17) is 11.6 Å². The Kier molecular flexibility index (Phi) is 18.8. The number of β-amino-alcohol motifs (C(OH)–C–C–N with tert-alkyl or cyclic N) is 1. The summed E-state index contributed by atoms with van der Waals surface area (Å²) in [4.78, 5) is 71.9. The normalized spacial score (nSPS) is 18.5. The minimum absolute atomic E-state index is 0.00343. The molecule has 20 heteroatoms. The zero-order valence-electron chi connectivity index (χ0n) is 41.3. The molecule has 2 aromatic carbocycles. The monoisotopic (exact) mass is 1020 g/mol. The maximum Gasteiger partial charge on any atom is 0.246 e. The summed E-state index contributed by atoms with van der Waals surface area (Å²) < 4.78 is 26.0. The third-order valence-corrected chi connectivity index (χ3v) is 16.2. The van der Waals surface area contributed by atoms with E-state index in [2.05, 4.69) is 46.4 Å². The summed E-state index contributed by atoms with van der Waals surface area (Å²) in [5.41, 5.74) is 4.43. The van der Waals surface area contributed by atoms with Gasteiger partial charge >= 0.3 is 0 Å². The molecule has 4 aromatic rings. The third kappa shape index (κ3) is 14.5. The fraction of sp³-hybridized carbons (Fsp3) is 0.540. The number of sulfone groups is 1. The van der Waals surface area contributed by atoms with Crippen molar-refractivity contribution in [1.82, 2.24) is 40.7 Å². The molecule has 2 saturated heterocycles. The zero-order chi connectivity index (χ0) is 50.8. The van der Waals surface area contributed by atoms with E-state index in [1.165, 1.54) is 11.1 Å². The molecule has 2 aromatic heterocycles. The molecule has 5 atom stereocenters. The van der Waals surface area contributed by atoms with E-state index in [1.54, 1.807) is 49.4 Å². The number of piperidine rings is 1. The van der Waals surface area contributed by atoms with E-state index in [-0.39, 0.29) is 71.5 Å². The zero-order valence-corrected chi connectivity index (χ0v) is 43.6. The molecule has 17 nitrogen and oxygen atoms in total. The number of benzene rings is 2. The number of amides is 4. The van der Waals surface area contributed by atoms with Crippen LogP contribution in [-0.2, 0) is 29.0 Å². The van der Waals surface area contributed by atoms with Gasteiger partial charge in [-0.15, -0.1) is 11.3 Å². The van der Waals surface area contributed by atoms with Gasteiger partial charge in [0, 0.05) is 38.5 Å². The summed E-state index contributed by atoms with van der Waals surface area (Å²) in [6.45, 7) is 14.8. The lowest BCUT2D eigenvalue weighted by Gasteiger charge is -2.35. The molecule has 2 fully saturated rings. The Morgan fingerprint density at radius 3 is 2.37 bits per heavy atom. The summed E-state index contributed by atoms with van der Waals surface area (Å²) in [6, 6.07) is 12.4. The van der Waals surface area contributed by atoms with Gasteiger partial charge < -0.3 is 36.6 Å². The van der Waals surface area contributed by atoms with E-state index < -0.39 is 44.6 Å². The number of thiazole rings is 1. The molecular formula is C50H69ClN10O7S2. The Morgan fingerprint density at radius 1 is 0.943 bits per heavy atom. The number of aromatic nitrogens is 3. The average molecular weight is 1020 g/mol. The first-order valence-corrected chi connectivity index (χ1v) is 27.0. The smallest absolute Gasteiger partial charge is 0.246 e. The molecule has 5 unspecified atom stereocenters. The summed E-state index contributed by atoms with van der Waals surface area (Å²) >= 11 is 8.01. The molecule has 2 aliphatic heterocycles. The van der Waals surface area contributed by atoms with Crippen molar-refractivity contribution < 1.29 is 32.7 Å². The maximum absolute atomic E-state index is 14.1. The molecule has 0 saturated carbocycles. The van der Waals surface area contributed by atoms with Crippen molar-refractivity contribution in [3.63, 3.8) is 0 Å². The standard InChI is InChI=1S/C50H69ClN10O7S2/c1-31(2)70(67,68)41-17-12-11-16-39(41)57-46-38(51)26-53-49(59-46)56-36-15-14-24-60(27-36)29-43(64)52-23-13-9-8-10-18-42(63)58-45(50(5,6)7)48(66)61-28-37(62)25-40(61)47(65)55-32(3)34-19-21-35(22-20-34)44-33(4)54-30-69-44/h11-12,16-17,19-22,26,30-32,36-37,40,45,62H,8-10,13-15,18,23-25,27-29H2,1-7H3,(H,52,64)(H,55,65)(H,58,63)(H2,53,56,57,59). The van der Waals surface area contributed by atoms with Crippen molar-refractivity contribution in [1.29, 1.82) is 0 Å². The van der Waals surface area contributed by atoms with Crippen LogP contribution in [0.15, 0.2) is 65.1 Å². The highest BCUT2D eigenvalue weighted by Crippen LogP contribution is 2.32. The number of anilines is 3. The van der Waals surface area contributed by atoms with Gasteiger partial charge in [0.25, 0.3) is 0 Å². The highest BCUT2D eigenvalue weighted by atomic mass is 35.5. The minimum Gasteiger partial charge on any atom is -0.391 e. The van der Waals surface area contributed by atoms with Crippen molar-refractivity contribution in [3.8, 4) is 10.4 Å². The van der Waals surface area contributed by atoms with Crippen LogP contribution in [0.25, 0.3) is 10.4 Å².